The normalized spacial score (nSPS) is 22.6. The van der Waals surface area contributed by atoms with E-state index in [0.717, 1.165) is 0 Å². The van der Waals surface area contributed by atoms with Crippen LogP contribution in [-0.2, 0) is 40.0 Å². The number of hydrogen-bond donors (Lipinski definition) is 1. The van der Waals surface area contributed by atoms with E-state index in [1.165, 1.54) is 0 Å². The number of esters is 3. The van der Waals surface area contributed by atoms with Gasteiger partial charge in [-0.3, -0.25) is 9.59 Å². The molecule has 1 fully saturated rings. The molecule has 188 valence electrons. The first-order valence-corrected chi connectivity index (χ1v) is 11.8. The predicted octanol–water partition coefficient (Wildman–Crippen LogP) is 3.68. The van der Waals surface area contributed by atoms with Gasteiger partial charge in [0.2, 0.25) is 11.4 Å². The molecule has 0 saturated carbocycles. The molecule has 2 rings (SSSR count). The minimum Gasteiger partial charge on any atom is -0.459 e. The summed E-state index contributed by atoms with van der Waals surface area (Å²) >= 11 is 5.86. The lowest BCUT2D eigenvalue weighted by Gasteiger charge is -2.31. The molecule has 1 aromatic rings. The van der Waals surface area contributed by atoms with Gasteiger partial charge in [0.15, 0.2) is 0 Å². The molecule has 0 spiro atoms. The van der Waals surface area contributed by atoms with Gasteiger partial charge in [0.05, 0.1) is 0 Å². The number of nitrogens with one attached hydrogen (secondary N) is 1. The summed E-state index contributed by atoms with van der Waals surface area (Å²) in [5, 5.41) is 2.46. The first kappa shape index (κ1) is 27.6. The van der Waals surface area contributed by atoms with Crippen LogP contribution in [0, 0.1) is 5.41 Å². The van der Waals surface area contributed by atoms with Crippen molar-refractivity contribution in [3.05, 3.63) is 35.9 Å². The molecule has 1 N–H and O–H groups in total. The third kappa shape index (κ3) is 6.50. The summed E-state index contributed by atoms with van der Waals surface area (Å²) in [7, 11) is 0. The molecule has 8 nitrogen and oxygen atoms in total. The highest BCUT2D eigenvalue weighted by molar-refractivity contribution is 6.18. The van der Waals surface area contributed by atoms with Crippen molar-refractivity contribution in [3.8, 4) is 0 Å². The molecule has 1 aliphatic rings. The molecule has 2 unspecified atom stereocenters. The molecule has 1 amide bonds. The summed E-state index contributed by atoms with van der Waals surface area (Å²) in [6.45, 7) is 9.80. The minimum atomic E-state index is -2.21. The molecule has 0 aliphatic carbocycles. The third-order valence-corrected chi connectivity index (χ3v) is 5.43. The lowest BCUT2D eigenvalue weighted by Crippen LogP contribution is -2.58. The molecule has 1 aliphatic heterocycles. The molecular formula is C25H34ClNO7. The van der Waals surface area contributed by atoms with Gasteiger partial charge in [0.25, 0.3) is 0 Å². The summed E-state index contributed by atoms with van der Waals surface area (Å²) in [4.78, 5) is 53.3. The van der Waals surface area contributed by atoms with Crippen LogP contribution in [0.4, 0.5) is 0 Å². The Hall–Kier alpha value is -2.61. The molecule has 0 radical (unpaired) electrons. The molecule has 0 bridgehead atoms. The molecule has 1 saturated heterocycles. The first-order chi connectivity index (χ1) is 15.7. The number of ether oxygens (including phenoxy) is 3. The molecule has 9 heteroatoms. The van der Waals surface area contributed by atoms with Crippen molar-refractivity contribution in [3.63, 3.8) is 0 Å². The largest absolute Gasteiger partial charge is 0.459 e. The average Bonchev–Trinajstić information content (AvgIpc) is 3.03. The van der Waals surface area contributed by atoms with Crippen molar-refractivity contribution in [2.45, 2.75) is 84.2 Å². The monoisotopic (exact) mass is 495 g/mol. The Morgan fingerprint density at radius 2 is 1.50 bits per heavy atom. The summed E-state index contributed by atoms with van der Waals surface area (Å²) in [5.41, 5.74) is -5.16. The van der Waals surface area contributed by atoms with E-state index in [1.807, 2.05) is 6.07 Å². The highest BCUT2D eigenvalue weighted by Crippen LogP contribution is 2.44. The smallest absolute Gasteiger partial charge is 0.344 e. The lowest BCUT2D eigenvalue weighted by atomic mass is 9.76. The van der Waals surface area contributed by atoms with E-state index in [4.69, 9.17) is 25.8 Å². The first-order valence-electron chi connectivity index (χ1n) is 11.2. The Morgan fingerprint density at radius 1 is 0.941 bits per heavy atom. The maximum atomic E-state index is 13.4. The summed E-state index contributed by atoms with van der Waals surface area (Å²) in [5.74, 6) is -3.45. The van der Waals surface area contributed by atoms with Gasteiger partial charge in [-0.25, -0.2) is 9.59 Å². The fraction of sp³-hybridized carbons (Fsp3) is 0.600. The van der Waals surface area contributed by atoms with Gasteiger partial charge in [-0.2, -0.15) is 0 Å². The molecule has 2 atom stereocenters. The van der Waals surface area contributed by atoms with E-state index in [0.29, 0.717) is 5.56 Å². The van der Waals surface area contributed by atoms with Crippen LogP contribution in [0.3, 0.4) is 0 Å². The number of halogens is 1. The molecule has 34 heavy (non-hydrogen) atoms. The van der Waals surface area contributed by atoms with Crippen LogP contribution in [-0.4, -0.2) is 46.4 Å². The highest BCUT2D eigenvalue weighted by Gasteiger charge is 2.67. The Balaban J connectivity index is 2.47. The van der Waals surface area contributed by atoms with Crippen LogP contribution in [0.25, 0.3) is 0 Å². The SMILES string of the molecule is CC(C)(C)OC(=O)C1(CCCCl)CC(C(=O)OCc2ccccc2)(C(=O)OC(C)(C)C)NC1=O. The van der Waals surface area contributed by atoms with Gasteiger partial charge in [0, 0.05) is 12.3 Å². The van der Waals surface area contributed by atoms with Gasteiger partial charge in [0.1, 0.15) is 23.2 Å². The number of benzene rings is 1. The van der Waals surface area contributed by atoms with Gasteiger partial charge < -0.3 is 19.5 Å². The van der Waals surface area contributed by atoms with Crippen molar-refractivity contribution in [1.29, 1.82) is 0 Å². The van der Waals surface area contributed by atoms with Crippen molar-refractivity contribution in [1.82, 2.24) is 5.32 Å². The highest BCUT2D eigenvalue weighted by atomic mass is 35.5. The van der Waals surface area contributed by atoms with E-state index in [-0.39, 0.29) is 25.3 Å². The number of rotatable bonds is 8. The van der Waals surface area contributed by atoms with E-state index in [2.05, 4.69) is 5.32 Å². The van der Waals surface area contributed by atoms with Crippen LogP contribution in [0.15, 0.2) is 30.3 Å². The van der Waals surface area contributed by atoms with Crippen molar-refractivity contribution < 1.29 is 33.4 Å². The predicted molar refractivity (Wildman–Crippen MR) is 126 cm³/mol. The van der Waals surface area contributed by atoms with E-state index < -0.39 is 52.4 Å². The van der Waals surface area contributed by atoms with Gasteiger partial charge in [-0.1, -0.05) is 30.3 Å². The van der Waals surface area contributed by atoms with Gasteiger partial charge >= 0.3 is 17.9 Å². The van der Waals surface area contributed by atoms with Crippen LogP contribution in [0.1, 0.15) is 66.4 Å². The number of alkyl halides is 1. The molecule has 0 aromatic heterocycles. The van der Waals surface area contributed by atoms with Crippen LogP contribution in [0.5, 0.6) is 0 Å². The maximum absolute atomic E-state index is 13.4. The number of hydrogen-bond acceptors (Lipinski definition) is 7. The van der Waals surface area contributed by atoms with E-state index in [9.17, 15) is 19.2 Å². The van der Waals surface area contributed by atoms with E-state index in [1.54, 1.807) is 65.8 Å². The summed E-state index contributed by atoms with van der Waals surface area (Å²) in [6, 6.07) is 8.89. The third-order valence-electron chi connectivity index (χ3n) is 5.16. The van der Waals surface area contributed by atoms with Crippen LogP contribution < -0.4 is 5.32 Å². The topological polar surface area (TPSA) is 108 Å². The van der Waals surface area contributed by atoms with Gasteiger partial charge in [-0.15, -0.1) is 11.6 Å². The number of carbonyl (C=O) groups excluding carboxylic acids is 4. The molecule has 1 aromatic carbocycles. The Labute approximate surface area is 205 Å². The minimum absolute atomic E-state index is 0.00619. The lowest BCUT2D eigenvalue weighted by molar-refractivity contribution is -0.175. The van der Waals surface area contributed by atoms with Crippen molar-refractivity contribution >= 4 is 35.4 Å². The Kier molecular flexibility index (Phi) is 8.40. The van der Waals surface area contributed by atoms with Crippen LogP contribution in [0.2, 0.25) is 0 Å². The van der Waals surface area contributed by atoms with E-state index >= 15 is 0 Å². The van der Waals surface area contributed by atoms with Crippen molar-refractivity contribution in [2.24, 2.45) is 5.41 Å². The number of amides is 1. The van der Waals surface area contributed by atoms with Crippen molar-refractivity contribution in [2.75, 3.05) is 5.88 Å². The maximum Gasteiger partial charge on any atom is 0.344 e. The van der Waals surface area contributed by atoms with Crippen LogP contribution >= 0.6 is 11.6 Å². The standard InChI is InChI=1S/C25H34ClNO7/c1-22(2,3)33-19(29)24(13-10-14-26)16-25(27-18(24)28,21(31)34-23(4,5)6)20(30)32-15-17-11-8-7-9-12-17/h7-9,11-12H,10,13-16H2,1-6H3,(H,27,28). The second-order valence-corrected chi connectivity index (χ2v) is 10.9. The average molecular weight is 496 g/mol. The number of carbonyl (C=O) groups is 4. The zero-order valence-electron chi connectivity index (χ0n) is 20.7. The molecular weight excluding hydrogens is 462 g/mol. The Bertz CT molecular complexity index is 919. The quantitative estimate of drug-likeness (QED) is 0.253. The Morgan fingerprint density at radius 3 is 2.03 bits per heavy atom. The fourth-order valence-electron chi connectivity index (χ4n) is 3.65. The van der Waals surface area contributed by atoms with Gasteiger partial charge in [-0.05, 0) is 59.9 Å². The summed E-state index contributed by atoms with van der Waals surface area (Å²) < 4.78 is 16.5. The zero-order valence-corrected chi connectivity index (χ0v) is 21.4. The second kappa shape index (κ2) is 10.3. The summed E-state index contributed by atoms with van der Waals surface area (Å²) in [6.07, 6.45) is -0.210. The second-order valence-electron chi connectivity index (χ2n) is 10.5. The zero-order chi connectivity index (χ0) is 25.8. The molecule has 1 heterocycles. The fourth-order valence-corrected chi connectivity index (χ4v) is 3.78.